The average Bonchev–Trinajstić information content (AvgIpc) is 2.61. The van der Waals surface area contributed by atoms with E-state index in [1.54, 1.807) is 23.2 Å². The minimum absolute atomic E-state index is 0.0971. The number of hydrogen-bond acceptors (Lipinski definition) is 3. The molecule has 0 spiro atoms. The molecule has 1 aromatic heterocycles. The Hall–Kier alpha value is -1.91. The fraction of sp³-hybridized carbons (Fsp3) is 0.333. The monoisotopic (exact) mass is 330 g/mol. The number of piperidine rings is 1. The molecule has 1 atom stereocenters. The van der Waals surface area contributed by atoms with Crippen molar-refractivity contribution >= 4 is 17.5 Å². The number of hydrogen-bond donors (Lipinski definition) is 1. The largest absolute Gasteiger partial charge is 0.388 e. The molecule has 0 radical (unpaired) electrons. The summed E-state index contributed by atoms with van der Waals surface area (Å²) in [6, 6.07) is 12.9. The summed E-state index contributed by atoms with van der Waals surface area (Å²) in [4.78, 5) is 18.3. The lowest BCUT2D eigenvalue weighted by Gasteiger charge is -2.34. The number of likely N-dealkylation sites (tertiary alicyclic amines) is 1. The molecule has 1 fully saturated rings. The summed E-state index contributed by atoms with van der Waals surface area (Å²) in [5, 5.41) is 11.0. The summed E-state index contributed by atoms with van der Waals surface area (Å²) in [6.07, 6.45) is 2.63. The number of nitrogens with zero attached hydrogens (tertiary/aromatic N) is 2. The van der Waals surface area contributed by atoms with Gasteiger partial charge in [0.1, 0.15) is 5.69 Å². The molecule has 1 N–H and O–H groups in total. The van der Waals surface area contributed by atoms with E-state index in [-0.39, 0.29) is 11.8 Å². The zero-order valence-corrected chi connectivity index (χ0v) is 13.5. The maximum Gasteiger partial charge on any atom is 0.272 e. The number of aliphatic hydroxyl groups excluding tert-OH is 1. The molecule has 0 aliphatic carbocycles. The van der Waals surface area contributed by atoms with Crippen molar-refractivity contribution in [2.75, 3.05) is 13.1 Å². The zero-order chi connectivity index (χ0) is 16.2. The Labute approximate surface area is 140 Å². The van der Waals surface area contributed by atoms with Crippen molar-refractivity contribution in [1.82, 2.24) is 9.88 Å². The van der Waals surface area contributed by atoms with E-state index in [0.29, 0.717) is 23.8 Å². The second kappa shape index (κ2) is 7.11. The average molecular weight is 331 g/mol. The number of aromatic nitrogens is 1. The van der Waals surface area contributed by atoms with Crippen molar-refractivity contribution in [2.45, 2.75) is 18.9 Å². The molecule has 1 aromatic carbocycles. The summed E-state index contributed by atoms with van der Waals surface area (Å²) < 4.78 is 0. The van der Waals surface area contributed by atoms with Gasteiger partial charge >= 0.3 is 0 Å². The lowest BCUT2D eigenvalue weighted by atomic mass is 9.87. The van der Waals surface area contributed by atoms with Crippen molar-refractivity contribution < 1.29 is 9.90 Å². The first kappa shape index (κ1) is 16.0. The quantitative estimate of drug-likeness (QED) is 0.939. The Bertz CT molecular complexity index is 670. The fourth-order valence-electron chi connectivity index (χ4n) is 3.02. The number of halogens is 1. The molecule has 1 aliphatic rings. The third-order valence-electron chi connectivity index (χ3n) is 4.36. The summed E-state index contributed by atoms with van der Waals surface area (Å²) in [5.74, 6) is 0.0777. The van der Waals surface area contributed by atoms with Crippen LogP contribution in [-0.4, -0.2) is 34.0 Å². The molecule has 5 heteroatoms. The van der Waals surface area contributed by atoms with Gasteiger partial charge in [0, 0.05) is 24.3 Å². The van der Waals surface area contributed by atoms with Gasteiger partial charge in [0.2, 0.25) is 0 Å². The van der Waals surface area contributed by atoms with Crippen LogP contribution < -0.4 is 0 Å². The van der Waals surface area contributed by atoms with Gasteiger partial charge in [-0.1, -0.05) is 41.9 Å². The lowest BCUT2D eigenvalue weighted by Crippen LogP contribution is -2.40. The predicted molar refractivity (Wildman–Crippen MR) is 89.3 cm³/mol. The van der Waals surface area contributed by atoms with Gasteiger partial charge in [0.25, 0.3) is 5.91 Å². The van der Waals surface area contributed by atoms with Crippen LogP contribution >= 0.6 is 11.6 Å². The van der Waals surface area contributed by atoms with Gasteiger partial charge in [-0.05, 0) is 36.5 Å². The molecule has 120 valence electrons. The van der Waals surface area contributed by atoms with Gasteiger partial charge in [0.15, 0.2) is 0 Å². The molecule has 2 heterocycles. The van der Waals surface area contributed by atoms with Crippen LogP contribution in [0.25, 0.3) is 0 Å². The SMILES string of the molecule is O=C(c1cc(Cl)ccn1)N1CCC(C(O)c2ccccc2)CC1. The summed E-state index contributed by atoms with van der Waals surface area (Å²) in [7, 11) is 0. The zero-order valence-electron chi connectivity index (χ0n) is 12.7. The van der Waals surface area contributed by atoms with E-state index in [1.807, 2.05) is 30.3 Å². The van der Waals surface area contributed by atoms with Crippen LogP contribution in [0.2, 0.25) is 5.02 Å². The number of pyridine rings is 1. The standard InChI is InChI=1S/C18H19ClN2O2/c19-15-6-9-20-16(12-15)18(23)21-10-7-14(8-11-21)17(22)13-4-2-1-3-5-13/h1-6,9,12,14,17,22H,7-8,10-11H2. The molecule has 23 heavy (non-hydrogen) atoms. The summed E-state index contributed by atoms with van der Waals surface area (Å²) in [6.45, 7) is 1.25. The van der Waals surface area contributed by atoms with Gasteiger partial charge in [-0.15, -0.1) is 0 Å². The Kier molecular flexibility index (Phi) is 4.94. The summed E-state index contributed by atoms with van der Waals surface area (Å²) >= 11 is 5.92. The predicted octanol–water partition coefficient (Wildman–Crippen LogP) is 3.32. The number of rotatable bonds is 3. The first-order valence-electron chi connectivity index (χ1n) is 7.79. The molecule has 1 unspecified atom stereocenters. The van der Waals surface area contributed by atoms with Crippen LogP contribution in [0.3, 0.4) is 0 Å². The van der Waals surface area contributed by atoms with E-state index in [2.05, 4.69) is 4.98 Å². The molecular formula is C18H19ClN2O2. The van der Waals surface area contributed by atoms with Crippen molar-refractivity contribution in [2.24, 2.45) is 5.92 Å². The highest BCUT2D eigenvalue weighted by Crippen LogP contribution is 2.31. The highest BCUT2D eigenvalue weighted by molar-refractivity contribution is 6.30. The Balaban J connectivity index is 1.61. The highest BCUT2D eigenvalue weighted by atomic mass is 35.5. The number of carbonyl (C=O) groups excluding carboxylic acids is 1. The van der Waals surface area contributed by atoms with Crippen LogP contribution in [-0.2, 0) is 0 Å². The Morgan fingerprint density at radius 1 is 1.22 bits per heavy atom. The van der Waals surface area contributed by atoms with E-state index >= 15 is 0 Å². The minimum Gasteiger partial charge on any atom is -0.388 e. The van der Waals surface area contributed by atoms with E-state index in [9.17, 15) is 9.90 Å². The van der Waals surface area contributed by atoms with Crippen LogP contribution in [0.5, 0.6) is 0 Å². The molecular weight excluding hydrogens is 312 g/mol. The first-order valence-corrected chi connectivity index (χ1v) is 8.17. The number of amides is 1. The Morgan fingerprint density at radius 2 is 1.91 bits per heavy atom. The molecule has 2 aromatic rings. The lowest BCUT2D eigenvalue weighted by molar-refractivity contribution is 0.0458. The van der Waals surface area contributed by atoms with Crippen LogP contribution in [0.1, 0.15) is 35.0 Å². The number of benzene rings is 1. The second-order valence-electron chi connectivity index (χ2n) is 5.84. The third kappa shape index (κ3) is 3.71. The molecule has 0 bridgehead atoms. The Morgan fingerprint density at radius 3 is 2.57 bits per heavy atom. The van der Waals surface area contributed by atoms with Gasteiger partial charge in [0.05, 0.1) is 6.10 Å². The van der Waals surface area contributed by atoms with E-state index in [4.69, 9.17) is 11.6 Å². The fourth-order valence-corrected chi connectivity index (χ4v) is 3.18. The van der Waals surface area contributed by atoms with Crippen molar-refractivity contribution in [3.05, 3.63) is 64.9 Å². The third-order valence-corrected chi connectivity index (χ3v) is 4.59. The van der Waals surface area contributed by atoms with Crippen molar-refractivity contribution in [1.29, 1.82) is 0 Å². The number of carbonyl (C=O) groups is 1. The topological polar surface area (TPSA) is 53.4 Å². The molecule has 0 saturated carbocycles. The highest BCUT2D eigenvalue weighted by Gasteiger charge is 2.29. The first-order chi connectivity index (χ1) is 11.1. The van der Waals surface area contributed by atoms with Crippen molar-refractivity contribution in [3.63, 3.8) is 0 Å². The van der Waals surface area contributed by atoms with E-state index in [1.165, 1.54) is 0 Å². The van der Waals surface area contributed by atoms with E-state index < -0.39 is 6.10 Å². The maximum atomic E-state index is 12.4. The normalized spacial score (nSPS) is 17.0. The smallest absolute Gasteiger partial charge is 0.272 e. The van der Waals surface area contributed by atoms with Crippen LogP contribution in [0, 0.1) is 5.92 Å². The van der Waals surface area contributed by atoms with Crippen LogP contribution in [0.15, 0.2) is 48.7 Å². The molecule has 1 amide bonds. The van der Waals surface area contributed by atoms with Crippen LogP contribution in [0.4, 0.5) is 0 Å². The number of aliphatic hydroxyl groups is 1. The molecule has 3 rings (SSSR count). The second-order valence-corrected chi connectivity index (χ2v) is 6.28. The van der Waals surface area contributed by atoms with Gasteiger partial charge < -0.3 is 10.0 Å². The summed E-state index contributed by atoms with van der Waals surface area (Å²) in [5.41, 5.74) is 1.31. The maximum absolute atomic E-state index is 12.4. The molecule has 4 nitrogen and oxygen atoms in total. The van der Waals surface area contributed by atoms with Gasteiger partial charge in [-0.25, -0.2) is 0 Å². The minimum atomic E-state index is -0.474. The van der Waals surface area contributed by atoms with Gasteiger partial charge in [-0.2, -0.15) is 0 Å². The molecule has 1 aliphatic heterocycles. The van der Waals surface area contributed by atoms with Crippen molar-refractivity contribution in [3.8, 4) is 0 Å². The van der Waals surface area contributed by atoms with Gasteiger partial charge in [-0.3, -0.25) is 9.78 Å². The van der Waals surface area contributed by atoms with E-state index in [0.717, 1.165) is 18.4 Å². The molecule has 1 saturated heterocycles.